The summed E-state index contributed by atoms with van der Waals surface area (Å²) >= 11 is 0. The van der Waals surface area contributed by atoms with Crippen LogP contribution in [0.2, 0.25) is 0 Å². The molecule has 0 aromatic rings. The van der Waals surface area contributed by atoms with E-state index in [0.29, 0.717) is 6.61 Å². The van der Waals surface area contributed by atoms with Crippen LogP contribution < -0.4 is 5.32 Å². The molecule has 3 heteroatoms. The van der Waals surface area contributed by atoms with Crippen LogP contribution in [0, 0.1) is 0 Å². The molecule has 1 saturated heterocycles. The number of hydrogen-bond acceptors (Lipinski definition) is 3. The second kappa shape index (κ2) is 3.56. The predicted octanol–water partition coefficient (Wildman–Crippen LogP) is 0.301. The Morgan fingerprint density at radius 1 is 1.80 bits per heavy atom. The first-order valence-corrected chi connectivity index (χ1v) is 3.74. The van der Waals surface area contributed by atoms with Crippen LogP contribution >= 0.6 is 0 Å². The van der Waals surface area contributed by atoms with E-state index in [1.807, 2.05) is 6.92 Å². The molecule has 0 aromatic carbocycles. The first-order chi connectivity index (χ1) is 4.84. The monoisotopic (exact) mass is 143 g/mol. The van der Waals surface area contributed by atoms with E-state index in [2.05, 4.69) is 5.32 Å². The van der Waals surface area contributed by atoms with Crippen LogP contribution in [0.15, 0.2) is 0 Å². The van der Waals surface area contributed by atoms with Crippen LogP contribution in [0.3, 0.4) is 0 Å². The Kier molecular flexibility index (Phi) is 2.68. The first kappa shape index (κ1) is 7.54. The maximum absolute atomic E-state index is 10.9. The summed E-state index contributed by atoms with van der Waals surface area (Å²) in [6, 6.07) is -0.00782. The Bertz CT molecular complexity index is 121. The smallest absolute Gasteiger partial charge is 0.323 e. The molecule has 1 N–H and O–H groups in total. The van der Waals surface area contributed by atoms with E-state index in [4.69, 9.17) is 4.74 Å². The molecule has 1 rings (SSSR count). The van der Waals surface area contributed by atoms with Crippen molar-refractivity contribution in [2.45, 2.75) is 25.8 Å². The van der Waals surface area contributed by atoms with Gasteiger partial charge in [-0.3, -0.25) is 4.79 Å². The van der Waals surface area contributed by atoms with Crippen molar-refractivity contribution in [3.8, 4) is 0 Å². The molecule has 1 aliphatic heterocycles. The zero-order valence-corrected chi connectivity index (χ0v) is 6.22. The molecule has 1 aliphatic rings. The molecule has 0 unspecified atom stereocenters. The van der Waals surface area contributed by atoms with Gasteiger partial charge in [-0.2, -0.15) is 0 Å². The van der Waals surface area contributed by atoms with Crippen LogP contribution in [0.1, 0.15) is 19.8 Å². The maximum Gasteiger partial charge on any atom is 0.323 e. The maximum atomic E-state index is 10.9. The highest BCUT2D eigenvalue weighted by atomic mass is 16.5. The van der Waals surface area contributed by atoms with Crippen molar-refractivity contribution in [2.24, 2.45) is 0 Å². The fourth-order valence-corrected chi connectivity index (χ4v) is 0.793. The average molecular weight is 143 g/mol. The van der Waals surface area contributed by atoms with Gasteiger partial charge < -0.3 is 10.1 Å². The van der Waals surface area contributed by atoms with Gasteiger partial charge in [-0.05, 0) is 19.4 Å². The minimum absolute atomic E-state index is 0.00782. The Balaban J connectivity index is 2.08. The minimum atomic E-state index is -0.0897. The molecule has 0 bridgehead atoms. The molecular formula is C7H13NO2. The summed E-state index contributed by atoms with van der Waals surface area (Å²) in [5, 5.41) is 2.98. The molecule has 10 heavy (non-hydrogen) atoms. The van der Waals surface area contributed by atoms with Crippen LogP contribution in [0.4, 0.5) is 0 Å². The summed E-state index contributed by atoms with van der Waals surface area (Å²) < 4.78 is 4.89. The van der Waals surface area contributed by atoms with Crippen LogP contribution in [0.25, 0.3) is 0 Å². The van der Waals surface area contributed by atoms with E-state index in [9.17, 15) is 4.79 Å². The van der Waals surface area contributed by atoms with Gasteiger partial charge in [0.05, 0.1) is 6.61 Å². The zero-order chi connectivity index (χ0) is 7.40. The molecule has 1 heterocycles. The number of carbonyl (C=O) groups is 1. The van der Waals surface area contributed by atoms with Crippen LogP contribution in [0.5, 0.6) is 0 Å². The molecule has 0 saturated carbocycles. The van der Waals surface area contributed by atoms with Gasteiger partial charge in [0.15, 0.2) is 0 Å². The van der Waals surface area contributed by atoms with Crippen molar-refractivity contribution in [2.75, 3.05) is 13.2 Å². The van der Waals surface area contributed by atoms with E-state index < -0.39 is 0 Å². The van der Waals surface area contributed by atoms with Crippen molar-refractivity contribution in [1.82, 2.24) is 5.32 Å². The van der Waals surface area contributed by atoms with Gasteiger partial charge in [-0.1, -0.05) is 6.92 Å². The lowest BCUT2D eigenvalue weighted by Gasteiger charge is -2.25. The molecule has 0 spiro atoms. The predicted molar refractivity (Wildman–Crippen MR) is 37.7 cm³/mol. The van der Waals surface area contributed by atoms with Crippen molar-refractivity contribution in [1.29, 1.82) is 0 Å². The van der Waals surface area contributed by atoms with Crippen molar-refractivity contribution in [3.05, 3.63) is 0 Å². The van der Waals surface area contributed by atoms with Crippen molar-refractivity contribution >= 4 is 5.97 Å². The van der Waals surface area contributed by atoms with Gasteiger partial charge in [-0.25, -0.2) is 0 Å². The molecule has 1 atom stereocenters. The third-order valence-electron chi connectivity index (χ3n) is 1.56. The van der Waals surface area contributed by atoms with E-state index in [0.717, 1.165) is 19.4 Å². The highest BCUT2D eigenvalue weighted by Crippen LogP contribution is 2.03. The number of ether oxygens (including phenoxy) is 1. The summed E-state index contributed by atoms with van der Waals surface area (Å²) in [5.41, 5.74) is 0. The lowest BCUT2D eigenvalue weighted by molar-refractivity contribution is -0.148. The largest absolute Gasteiger partial charge is 0.465 e. The highest BCUT2D eigenvalue weighted by molar-refractivity contribution is 5.76. The summed E-state index contributed by atoms with van der Waals surface area (Å²) in [5.74, 6) is -0.0897. The van der Waals surface area contributed by atoms with Gasteiger partial charge >= 0.3 is 5.97 Å². The average Bonchev–Trinajstić information content (AvgIpc) is 1.79. The van der Waals surface area contributed by atoms with Crippen molar-refractivity contribution in [3.63, 3.8) is 0 Å². The molecule has 0 aromatic heterocycles. The molecular weight excluding hydrogens is 130 g/mol. The molecule has 58 valence electrons. The second-order valence-corrected chi connectivity index (χ2v) is 2.46. The third-order valence-corrected chi connectivity index (χ3v) is 1.56. The topological polar surface area (TPSA) is 38.3 Å². The zero-order valence-electron chi connectivity index (χ0n) is 6.22. The number of nitrogens with one attached hydrogen (secondary N) is 1. The van der Waals surface area contributed by atoms with Crippen LogP contribution in [-0.4, -0.2) is 25.2 Å². The van der Waals surface area contributed by atoms with Gasteiger partial charge in [0, 0.05) is 0 Å². The fourth-order valence-electron chi connectivity index (χ4n) is 0.793. The van der Waals surface area contributed by atoms with E-state index in [1.54, 1.807) is 0 Å². The Morgan fingerprint density at radius 3 is 2.90 bits per heavy atom. The number of hydrogen-bond donors (Lipinski definition) is 1. The summed E-state index contributed by atoms with van der Waals surface area (Å²) in [6.45, 7) is 3.49. The summed E-state index contributed by atoms with van der Waals surface area (Å²) in [4.78, 5) is 10.9. The summed E-state index contributed by atoms with van der Waals surface area (Å²) in [6.07, 6.45) is 1.83. The van der Waals surface area contributed by atoms with E-state index in [-0.39, 0.29) is 12.0 Å². The van der Waals surface area contributed by atoms with E-state index in [1.165, 1.54) is 0 Å². The number of rotatable bonds is 3. The van der Waals surface area contributed by atoms with Gasteiger partial charge in [0.1, 0.15) is 6.04 Å². The lowest BCUT2D eigenvalue weighted by atomic mass is 10.1. The van der Waals surface area contributed by atoms with Gasteiger partial charge in [0.25, 0.3) is 0 Å². The van der Waals surface area contributed by atoms with Crippen LogP contribution in [-0.2, 0) is 9.53 Å². The van der Waals surface area contributed by atoms with E-state index >= 15 is 0 Å². The fraction of sp³-hybridized carbons (Fsp3) is 0.857. The number of carbonyl (C=O) groups excluding carboxylic acids is 1. The second-order valence-electron chi connectivity index (χ2n) is 2.46. The normalized spacial score (nSPS) is 23.5. The Hall–Kier alpha value is -0.570. The SMILES string of the molecule is CCCOC(=O)[C@@H]1CCN1. The quantitative estimate of drug-likeness (QED) is 0.577. The standard InChI is InChI=1S/C7H13NO2/c1-2-5-10-7(9)6-3-4-8-6/h6,8H,2-5H2,1H3/t6-/m0/s1. The van der Waals surface area contributed by atoms with Crippen molar-refractivity contribution < 1.29 is 9.53 Å². The lowest BCUT2D eigenvalue weighted by Crippen LogP contribution is -2.49. The highest BCUT2D eigenvalue weighted by Gasteiger charge is 2.25. The molecule has 3 nitrogen and oxygen atoms in total. The molecule has 1 fully saturated rings. The number of esters is 1. The Morgan fingerprint density at radius 2 is 2.50 bits per heavy atom. The first-order valence-electron chi connectivity index (χ1n) is 3.74. The molecule has 0 aliphatic carbocycles. The van der Waals surface area contributed by atoms with Gasteiger partial charge in [-0.15, -0.1) is 0 Å². The minimum Gasteiger partial charge on any atom is -0.465 e. The third kappa shape index (κ3) is 1.70. The summed E-state index contributed by atoms with van der Waals surface area (Å²) in [7, 11) is 0. The molecule has 0 radical (unpaired) electrons. The van der Waals surface area contributed by atoms with Gasteiger partial charge in [0.2, 0.25) is 0 Å². The Labute approximate surface area is 60.7 Å². The molecule has 0 amide bonds.